The molecule has 0 heterocycles. The highest BCUT2D eigenvalue weighted by Gasteiger charge is 2.32. The van der Waals surface area contributed by atoms with Gasteiger partial charge in [0.05, 0.1) is 11.9 Å². The lowest BCUT2D eigenvalue weighted by Crippen LogP contribution is -2.52. The Balaban J connectivity index is 2.47. The Kier molecular flexibility index (Phi) is 11.0. The van der Waals surface area contributed by atoms with E-state index >= 15 is 0 Å². The van der Waals surface area contributed by atoms with Crippen LogP contribution in [-0.2, 0) is 26.2 Å². The molecule has 0 radical (unpaired) electrons. The first-order chi connectivity index (χ1) is 17.0. The number of nitrogens with one attached hydrogen (secondary N) is 1. The number of carbonyl (C=O) groups excluding carboxylic acids is 2. The molecule has 1 N–H and O–H groups in total. The maximum absolute atomic E-state index is 13.8. The minimum atomic E-state index is -3.77. The number of rotatable bonds is 13. The van der Waals surface area contributed by atoms with Gasteiger partial charge in [0.15, 0.2) is 0 Å². The highest BCUT2D eigenvalue weighted by atomic mass is 32.2. The van der Waals surface area contributed by atoms with Gasteiger partial charge in [0.2, 0.25) is 21.8 Å². The zero-order valence-electron chi connectivity index (χ0n) is 22.5. The van der Waals surface area contributed by atoms with Gasteiger partial charge in [-0.05, 0) is 42.9 Å². The Bertz CT molecular complexity index is 1130. The molecule has 0 spiro atoms. The molecule has 0 saturated heterocycles. The predicted octanol–water partition coefficient (Wildman–Crippen LogP) is 4.61. The first-order valence-corrected chi connectivity index (χ1v) is 14.5. The normalized spacial score (nSPS) is 12.3. The average Bonchev–Trinajstić information content (AvgIpc) is 2.81. The third kappa shape index (κ3) is 8.08. The molecule has 0 aliphatic rings. The molecule has 8 heteroatoms. The van der Waals surface area contributed by atoms with Gasteiger partial charge in [-0.2, -0.15) is 0 Å². The van der Waals surface area contributed by atoms with Crippen LogP contribution in [0.15, 0.2) is 48.5 Å². The fraction of sp³-hybridized carbons (Fsp3) is 0.500. The van der Waals surface area contributed by atoms with E-state index in [4.69, 9.17) is 0 Å². The second-order valence-electron chi connectivity index (χ2n) is 9.56. The molecule has 198 valence electrons. The van der Waals surface area contributed by atoms with Crippen LogP contribution >= 0.6 is 0 Å². The van der Waals surface area contributed by atoms with E-state index < -0.39 is 22.0 Å². The summed E-state index contributed by atoms with van der Waals surface area (Å²) in [5.41, 5.74) is 3.25. The Hall–Kier alpha value is -2.87. The van der Waals surface area contributed by atoms with Gasteiger partial charge in [0.25, 0.3) is 0 Å². The number of amides is 2. The van der Waals surface area contributed by atoms with Gasteiger partial charge in [0.1, 0.15) is 12.6 Å². The minimum absolute atomic E-state index is 0.0664. The van der Waals surface area contributed by atoms with Crippen LogP contribution in [0, 0.1) is 6.92 Å². The van der Waals surface area contributed by atoms with Gasteiger partial charge in [-0.15, -0.1) is 0 Å². The summed E-state index contributed by atoms with van der Waals surface area (Å²) < 4.78 is 26.9. The summed E-state index contributed by atoms with van der Waals surface area (Å²) in [5.74, 6) is -0.574. The number of hydrogen-bond donors (Lipinski definition) is 1. The molecule has 0 aliphatic carbocycles. The number of carbonyl (C=O) groups is 2. The standard InChI is InChI=1S/C28H41N3O4S/c1-7-9-17-29-28(33)25(8-2)30(19-23-14-12-13-22(5)18-23)27(32)20-31(36(6,34)35)26-16-11-10-15-24(26)21(3)4/h10-16,18,21,25H,7-9,17,19-20H2,1-6H3,(H,29,33)/t25-/m0/s1. The van der Waals surface area contributed by atoms with Crippen molar-refractivity contribution in [3.63, 3.8) is 0 Å². The maximum atomic E-state index is 13.8. The van der Waals surface area contributed by atoms with Crippen molar-refractivity contribution in [1.82, 2.24) is 10.2 Å². The SMILES string of the molecule is CCCCNC(=O)[C@H](CC)N(Cc1cccc(C)c1)C(=O)CN(c1ccccc1C(C)C)S(C)(=O)=O. The first kappa shape index (κ1) is 29.4. The zero-order chi connectivity index (χ0) is 26.9. The number of benzene rings is 2. The molecule has 0 aliphatic heterocycles. The quantitative estimate of drug-likeness (QED) is 0.395. The predicted molar refractivity (Wildman–Crippen MR) is 146 cm³/mol. The van der Waals surface area contributed by atoms with E-state index in [-0.39, 0.29) is 24.9 Å². The van der Waals surface area contributed by atoms with Crippen molar-refractivity contribution < 1.29 is 18.0 Å². The largest absolute Gasteiger partial charge is 0.354 e. The molecular formula is C28H41N3O4S. The number of aryl methyl sites for hydroxylation is 1. The van der Waals surface area contributed by atoms with Crippen molar-refractivity contribution in [2.24, 2.45) is 0 Å². The molecular weight excluding hydrogens is 474 g/mol. The third-order valence-electron chi connectivity index (χ3n) is 6.16. The number of nitrogens with zero attached hydrogens (tertiary/aromatic N) is 2. The first-order valence-electron chi connectivity index (χ1n) is 12.7. The Morgan fingerprint density at radius 1 is 1.03 bits per heavy atom. The summed E-state index contributed by atoms with van der Waals surface area (Å²) in [6.45, 7) is 10.2. The van der Waals surface area contributed by atoms with Crippen LogP contribution in [0.5, 0.6) is 0 Å². The molecule has 0 aromatic heterocycles. The molecule has 0 bridgehead atoms. The van der Waals surface area contributed by atoms with Crippen LogP contribution < -0.4 is 9.62 Å². The van der Waals surface area contributed by atoms with Crippen molar-refractivity contribution in [2.75, 3.05) is 23.7 Å². The summed E-state index contributed by atoms with van der Waals surface area (Å²) in [6, 6.07) is 14.3. The average molecular weight is 516 g/mol. The van der Waals surface area contributed by atoms with Crippen LogP contribution in [0.4, 0.5) is 5.69 Å². The van der Waals surface area contributed by atoms with Crippen LogP contribution in [-0.4, -0.2) is 50.5 Å². The molecule has 2 aromatic carbocycles. The van der Waals surface area contributed by atoms with E-state index in [1.54, 1.807) is 12.1 Å². The molecule has 1 atom stereocenters. The maximum Gasteiger partial charge on any atom is 0.244 e. The van der Waals surface area contributed by atoms with E-state index in [1.807, 2.05) is 71.0 Å². The summed E-state index contributed by atoms with van der Waals surface area (Å²) >= 11 is 0. The fourth-order valence-corrected chi connectivity index (χ4v) is 5.10. The lowest BCUT2D eigenvalue weighted by molar-refractivity contribution is -0.140. The van der Waals surface area contributed by atoms with Gasteiger partial charge >= 0.3 is 0 Å². The number of anilines is 1. The summed E-state index contributed by atoms with van der Waals surface area (Å²) in [6.07, 6.45) is 3.32. The lowest BCUT2D eigenvalue weighted by Gasteiger charge is -2.33. The van der Waals surface area contributed by atoms with Gasteiger partial charge < -0.3 is 10.2 Å². The van der Waals surface area contributed by atoms with E-state index in [2.05, 4.69) is 5.32 Å². The molecule has 0 saturated carbocycles. The van der Waals surface area contributed by atoms with Crippen LogP contribution in [0.1, 0.15) is 69.6 Å². The lowest BCUT2D eigenvalue weighted by atomic mass is 10.0. The van der Waals surface area contributed by atoms with E-state index in [0.717, 1.165) is 40.1 Å². The number of para-hydroxylation sites is 1. The van der Waals surface area contributed by atoms with Gasteiger partial charge in [-0.3, -0.25) is 13.9 Å². The van der Waals surface area contributed by atoms with E-state index in [9.17, 15) is 18.0 Å². The van der Waals surface area contributed by atoms with Crippen molar-refractivity contribution in [3.8, 4) is 0 Å². The number of sulfonamides is 1. The van der Waals surface area contributed by atoms with Crippen molar-refractivity contribution in [2.45, 2.75) is 72.4 Å². The van der Waals surface area contributed by atoms with Gasteiger partial charge in [-0.1, -0.05) is 82.1 Å². The molecule has 7 nitrogen and oxygen atoms in total. The fourth-order valence-electron chi connectivity index (χ4n) is 4.23. The van der Waals surface area contributed by atoms with Crippen LogP contribution in [0.25, 0.3) is 0 Å². The minimum Gasteiger partial charge on any atom is -0.354 e. The molecule has 2 rings (SSSR count). The monoisotopic (exact) mass is 515 g/mol. The second kappa shape index (κ2) is 13.4. The highest BCUT2D eigenvalue weighted by Crippen LogP contribution is 2.29. The molecule has 36 heavy (non-hydrogen) atoms. The number of unbranched alkanes of at least 4 members (excludes halogenated alkanes) is 1. The van der Waals surface area contributed by atoms with E-state index in [1.165, 1.54) is 4.90 Å². The van der Waals surface area contributed by atoms with Crippen molar-refractivity contribution in [3.05, 3.63) is 65.2 Å². The van der Waals surface area contributed by atoms with Crippen LogP contribution in [0.2, 0.25) is 0 Å². The smallest absolute Gasteiger partial charge is 0.244 e. The third-order valence-corrected chi connectivity index (χ3v) is 7.28. The van der Waals surface area contributed by atoms with Crippen molar-refractivity contribution >= 4 is 27.5 Å². The summed E-state index contributed by atoms with van der Waals surface area (Å²) in [4.78, 5) is 28.5. The van der Waals surface area contributed by atoms with Gasteiger partial charge in [-0.25, -0.2) is 8.42 Å². The summed E-state index contributed by atoms with van der Waals surface area (Å²) in [7, 11) is -3.77. The van der Waals surface area contributed by atoms with Gasteiger partial charge in [0, 0.05) is 13.1 Å². The Labute approximate surface area is 216 Å². The molecule has 0 fully saturated rings. The Morgan fingerprint density at radius 2 is 1.72 bits per heavy atom. The second-order valence-corrected chi connectivity index (χ2v) is 11.5. The van der Waals surface area contributed by atoms with Crippen molar-refractivity contribution in [1.29, 1.82) is 0 Å². The molecule has 0 unspecified atom stereocenters. The van der Waals surface area contributed by atoms with E-state index in [0.29, 0.717) is 18.7 Å². The molecule has 2 aromatic rings. The topological polar surface area (TPSA) is 86.8 Å². The zero-order valence-corrected chi connectivity index (χ0v) is 23.3. The van der Waals surface area contributed by atoms with Crippen LogP contribution in [0.3, 0.4) is 0 Å². The molecule has 2 amide bonds. The Morgan fingerprint density at radius 3 is 2.31 bits per heavy atom. The number of hydrogen-bond acceptors (Lipinski definition) is 4. The highest BCUT2D eigenvalue weighted by molar-refractivity contribution is 7.92. The summed E-state index contributed by atoms with van der Waals surface area (Å²) in [5, 5.41) is 2.94.